The van der Waals surface area contributed by atoms with E-state index in [0.29, 0.717) is 23.7 Å². The summed E-state index contributed by atoms with van der Waals surface area (Å²) in [5.41, 5.74) is 0.778. The van der Waals surface area contributed by atoms with Crippen LogP contribution in [0.5, 0.6) is 0 Å². The second-order valence-corrected chi connectivity index (χ2v) is 5.41. The minimum absolute atomic E-state index is 0.0344. The van der Waals surface area contributed by atoms with Gasteiger partial charge in [-0.3, -0.25) is 0 Å². The maximum absolute atomic E-state index is 13.7. The smallest absolute Gasteiger partial charge is 0.338 e. The fourth-order valence-corrected chi connectivity index (χ4v) is 2.27. The Bertz CT molecular complexity index is 928. The predicted molar refractivity (Wildman–Crippen MR) is 97.4 cm³/mol. The maximum Gasteiger partial charge on any atom is 0.338 e. The molecule has 0 saturated heterocycles. The first-order valence-electron chi connectivity index (χ1n) is 8.15. The van der Waals surface area contributed by atoms with Crippen LogP contribution >= 0.6 is 0 Å². The molecule has 3 aromatic rings. The molecule has 0 saturated carbocycles. The van der Waals surface area contributed by atoms with Gasteiger partial charge in [0.15, 0.2) is 0 Å². The van der Waals surface area contributed by atoms with Crippen LogP contribution in [-0.4, -0.2) is 22.5 Å². The van der Waals surface area contributed by atoms with Gasteiger partial charge in [0.25, 0.3) is 0 Å². The standard InChI is InChI=1S/C19H16F2N4O2/c1-2-27-18(26)12-6-8-13(9-7-12)23-16-10-11-22-19(24-16)25-17-14(20)4-3-5-15(17)21/h3-11H,2H2,1H3,(H2,22,23,24,25). The molecule has 2 aromatic carbocycles. The summed E-state index contributed by atoms with van der Waals surface area (Å²) in [6, 6.07) is 11.8. The Kier molecular flexibility index (Phi) is 5.55. The molecule has 138 valence electrons. The Balaban J connectivity index is 1.73. The molecule has 1 aromatic heterocycles. The summed E-state index contributed by atoms with van der Waals surface area (Å²) >= 11 is 0. The van der Waals surface area contributed by atoms with Crippen LogP contribution in [0.25, 0.3) is 0 Å². The number of nitrogens with zero attached hydrogens (tertiary/aromatic N) is 2. The summed E-state index contributed by atoms with van der Waals surface area (Å²) in [7, 11) is 0. The highest BCUT2D eigenvalue weighted by atomic mass is 19.1. The lowest BCUT2D eigenvalue weighted by Crippen LogP contribution is -2.05. The van der Waals surface area contributed by atoms with E-state index in [1.165, 1.54) is 12.3 Å². The van der Waals surface area contributed by atoms with E-state index < -0.39 is 17.6 Å². The van der Waals surface area contributed by atoms with Crippen molar-refractivity contribution in [1.29, 1.82) is 0 Å². The topological polar surface area (TPSA) is 76.1 Å². The SMILES string of the molecule is CCOC(=O)c1ccc(Nc2ccnc(Nc3c(F)cccc3F)n2)cc1. The molecule has 27 heavy (non-hydrogen) atoms. The van der Waals surface area contributed by atoms with E-state index in [9.17, 15) is 13.6 Å². The number of halogens is 2. The zero-order valence-corrected chi connectivity index (χ0v) is 14.4. The van der Waals surface area contributed by atoms with Crippen LogP contribution in [-0.2, 0) is 4.74 Å². The number of nitrogens with one attached hydrogen (secondary N) is 2. The molecule has 0 aliphatic carbocycles. The Morgan fingerprint density at radius 2 is 1.74 bits per heavy atom. The summed E-state index contributed by atoms with van der Waals surface area (Å²) in [6.07, 6.45) is 1.45. The average Bonchev–Trinajstić information content (AvgIpc) is 2.66. The van der Waals surface area contributed by atoms with Crippen LogP contribution in [0.1, 0.15) is 17.3 Å². The van der Waals surface area contributed by atoms with Gasteiger partial charge in [-0.05, 0) is 49.4 Å². The summed E-state index contributed by atoms with van der Waals surface area (Å²) < 4.78 is 32.4. The van der Waals surface area contributed by atoms with Gasteiger partial charge in [-0.2, -0.15) is 4.98 Å². The van der Waals surface area contributed by atoms with Crippen molar-refractivity contribution in [2.45, 2.75) is 6.92 Å². The highest BCUT2D eigenvalue weighted by Gasteiger charge is 2.10. The fraction of sp³-hybridized carbons (Fsp3) is 0.105. The second-order valence-electron chi connectivity index (χ2n) is 5.41. The van der Waals surface area contributed by atoms with E-state index in [1.54, 1.807) is 37.3 Å². The highest BCUT2D eigenvalue weighted by Crippen LogP contribution is 2.22. The monoisotopic (exact) mass is 370 g/mol. The fourth-order valence-electron chi connectivity index (χ4n) is 2.27. The number of aromatic nitrogens is 2. The molecule has 0 atom stereocenters. The molecule has 0 fully saturated rings. The van der Waals surface area contributed by atoms with Gasteiger partial charge in [-0.1, -0.05) is 6.07 Å². The summed E-state index contributed by atoms with van der Waals surface area (Å²) in [6.45, 7) is 2.04. The third-order valence-electron chi connectivity index (χ3n) is 3.52. The molecule has 0 aliphatic rings. The van der Waals surface area contributed by atoms with Gasteiger partial charge in [-0.15, -0.1) is 0 Å². The van der Waals surface area contributed by atoms with Crippen LogP contribution in [0.2, 0.25) is 0 Å². The molecule has 8 heteroatoms. The highest BCUT2D eigenvalue weighted by molar-refractivity contribution is 5.89. The Labute approximate surface area is 154 Å². The lowest BCUT2D eigenvalue weighted by Gasteiger charge is -2.10. The number of carbonyl (C=O) groups excluding carboxylic acids is 1. The third-order valence-corrected chi connectivity index (χ3v) is 3.52. The normalized spacial score (nSPS) is 10.3. The van der Waals surface area contributed by atoms with Crippen molar-refractivity contribution in [2.75, 3.05) is 17.2 Å². The summed E-state index contributed by atoms with van der Waals surface area (Å²) in [4.78, 5) is 19.8. The number of rotatable bonds is 6. The number of carbonyl (C=O) groups is 1. The molecule has 0 spiro atoms. The largest absolute Gasteiger partial charge is 0.462 e. The van der Waals surface area contributed by atoms with Crippen LogP contribution < -0.4 is 10.6 Å². The minimum atomic E-state index is -0.744. The van der Waals surface area contributed by atoms with Crippen molar-refractivity contribution in [3.8, 4) is 0 Å². The van der Waals surface area contributed by atoms with Crippen molar-refractivity contribution >= 4 is 29.1 Å². The number of benzene rings is 2. The van der Waals surface area contributed by atoms with Crippen molar-refractivity contribution < 1.29 is 18.3 Å². The molecule has 6 nitrogen and oxygen atoms in total. The van der Waals surface area contributed by atoms with Gasteiger partial charge in [0.2, 0.25) is 5.95 Å². The van der Waals surface area contributed by atoms with Crippen LogP contribution in [0.4, 0.5) is 31.9 Å². The van der Waals surface area contributed by atoms with E-state index in [1.807, 2.05) is 0 Å². The average molecular weight is 370 g/mol. The van der Waals surface area contributed by atoms with Crippen LogP contribution in [0.3, 0.4) is 0 Å². The van der Waals surface area contributed by atoms with E-state index >= 15 is 0 Å². The lowest BCUT2D eigenvalue weighted by atomic mass is 10.2. The molecule has 0 bridgehead atoms. The van der Waals surface area contributed by atoms with Gasteiger partial charge in [-0.25, -0.2) is 18.6 Å². The molecule has 3 rings (SSSR count). The molecule has 0 radical (unpaired) electrons. The third kappa shape index (κ3) is 4.55. The molecular formula is C19H16F2N4O2. The minimum Gasteiger partial charge on any atom is -0.462 e. The summed E-state index contributed by atoms with van der Waals surface area (Å²) in [5.74, 6) is -1.44. The first-order chi connectivity index (χ1) is 13.1. The van der Waals surface area contributed by atoms with E-state index in [2.05, 4.69) is 20.6 Å². The van der Waals surface area contributed by atoms with Gasteiger partial charge >= 0.3 is 5.97 Å². The molecule has 0 aliphatic heterocycles. The number of esters is 1. The quantitative estimate of drug-likeness (QED) is 0.626. The predicted octanol–water partition coefficient (Wildman–Crippen LogP) is 4.42. The van der Waals surface area contributed by atoms with Crippen molar-refractivity contribution in [3.63, 3.8) is 0 Å². The van der Waals surface area contributed by atoms with Gasteiger partial charge in [0.05, 0.1) is 12.2 Å². The Hall–Kier alpha value is -3.55. The van der Waals surface area contributed by atoms with Crippen LogP contribution in [0.15, 0.2) is 54.7 Å². The Morgan fingerprint density at radius 3 is 2.41 bits per heavy atom. The van der Waals surface area contributed by atoms with E-state index in [-0.39, 0.29) is 11.6 Å². The zero-order chi connectivity index (χ0) is 19.2. The lowest BCUT2D eigenvalue weighted by molar-refractivity contribution is 0.0526. The molecule has 0 unspecified atom stereocenters. The molecule has 1 heterocycles. The van der Waals surface area contributed by atoms with Gasteiger partial charge in [0, 0.05) is 11.9 Å². The number of hydrogen-bond donors (Lipinski definition) is 2. The number of ether oxygens (including phenoxy) is 1. The molecule has 0 amide bonds. The van der Waals surface area contributed by atoms with Crippen LogP contribution in [0, 0.1) is 11.6 Å². The van der Waals surface area contributed by atoms with E-state index in [0.717, 1.165) is 12.1 Å². The van der Waals surface area contributed by atoms with Gasteiger partial charge < -0.3 is 15.4 Å². The van der Waals surface area contributed by atoms with Crippen molar-refractivity contribution in [2.24, 2.45) is 0 Å². The Morgan fingerprint density at radius 1 is 1.04 bits per heavy atom. The zero-order valence-electron chi connectivity index (χ0n) is 14.4. The molecule has 2 N–H and O–H groups in total. The number of para-hydroxylation sites is 1. The first-order valence-corrected chi connectivity index (χ1v) is 8.15. The number of anilines is 4. The number of hydrogen-bond acceptors (Lipinski definition) is 6. The van der Waals surface area contributed by atoms with E-state index in [4.69, 9.17) is 4.74 Å². The van der Waals surface area contributed by atoms with Gasteiger partial charge in [0.1, 0.15) is 23.1 Å². The maximum atomic E-state index is 13.7. The summed E-state index contributed by atoms with van der Waals surface area (Å²) in [5, 5.41) is 5.56. The van der Waals surface area contributed by atoms with Crippen molar-refractivity contribution in [1.82, 2.24) is 9.97 Å². The molecular weight excluding hydrogens is 354 g/mol. The second kappa shape index (κ2) is 8.22. The van der Waals surface area contributed by atoms with Crippen molar-refractivity contribution in [3.05, 3.63) is 71.9 Å². The first kappa shape index (κ1) is 18.2.